The van der Waals surface area contributed by atoms with Gasteiger partial charge in [-0.3, -0.25) is 9.59 Å². The van der Waals surface area contributed by atoms with Crippen molar-refractivity contribution in [1.82, 2.24) is 9.73 Å². The molecule has 0 radical (unpaired) electrons. The van der Waals surface area contributed by atoms with Crippen LogP contribution in [0.3, 0.4) is 0 Å². The van der Waals surface area contributed by atoms with Crippen molar-refractivity contribution < 1.29 is 27.5 Å². The molecular formula is C27H28N4O6S. The number of hydrogen-bond acceptors (Lipinski definition) is 7. The van der Waals surface area contributed by atoms with Crippen molar-refractivity contribution in [2.45, 2.75) is 18.2 Å². The number of carbonyl (C=O) groups is 3. The Balaban J connectivity index is 1.72. The fourth-order valence-electron chi connectivity index (χ4n) is 3.44. The Labute approximate surface area is 221 Å². The maximum absolute atomic E-state index is 13.4. The van der Waals surface area contributed by atoms with E-state index in [0.29, 0.717) is 23.2 Å². The van der Waals surface area contributed by atoms with Gasteiger partial charge in [0.05, 0.1) is 30.3 Å². The van der Waals surface area contributed by atoms with Crippen molar-refractivity contribution in [3.63, 3.8) is 0 Å². The molecule has 0 aromatic heterocycles. The van der Waals surface area contributed by atoms with E-state index in [2.05, 4.69) is 20.6 Å². The van der Waals surface area contributed by atoms with Crippen molar-refractivity contribution in [2.75, 3.05) is 25.5 Å². The number of rotatable bonds is 11. The lowest BCUT2D eigenvalue weighted by atomic mass is 10.1. The van der Waals surface area contributed by atoms with Crippen molar-refractivity contribution in [3.05, 3.63) is 95.6 Å². The first-order valence-electron chi connectivity index (χ1n) is 11.6. The highest BCUT2D eigenvalue weighted by molar-refractivity contribution is 7.89. The van der Waals surface area contributed by atoms with E-state index < -0.39 is 28.4 Å². The number of amides is 2. The minimum atomic E-state index is -4.04. The van der Waals surface area contributed by atoms with Gasteiger partial charge in [-0.05, 0) is 53.9 Å². The van der Waals surface area contributed by atoms with Crippen LogP contribution in [0.2, 0.25) is 0 Å². The summed E-state index contributed by atoms with van der Waals surface area (Å²) < 4.78 is 32.6. The van der Waals surface area contributed by atoms with Gasteiger partial charge in [-0.25, -0.2) is 18.6 Å². The van der Waals surface area contributed by atoms with Crippen LogP contribution in [-0.2, 0) is 30.8 Å². The number of esters is 1. The number of sulfonamides is 1. The van der Waals surface area contributed by atoms with Crippen molar-refractivity contribution in [2.24, 2.45) is 5.10 Å². The quantitative estimate of drug-likeness (QED) is 0.220. The van der Waals surface area contributed by atoms with E-state index in [-0.39, 0.29) is 17.3 Å². The fraction of sp³-hybridized carbons (Fsp3) is 0.185. The number of benzene rings is 3. The zero-order valence-corrected chi connectivity index (χ0v) is 21.8. The van der Waals surface area contributed by atoms with Gasteiger partial charge < -0.3 is 10.1 Å². The van der Waals surface area contributed by atoms with E-state index in [4.69, 9.17) is 0 Å². The van der Waals surface area contributed by atoms with Gasteiger partial charge in [0.25, 0.3) is 5.91 Å². The summed E-state index contributed by atoms with van der Waals surface area (Å²) in [7, 11) is -2.75. The summed E-state index contributed by atoms with van der Waals surface area (Å²) in [5.74, 6) is -1.37. The zero-order valence-electron chi connectivity index (χ0n) is 21.0. The van der Waals surface area contributed by atoms with Crippen LogP contribution in [0, 0.1) is 0 Å². The van der Waals surface area contributed by atoms with Crippen LogP contribution in [0.4, 0.5) is 5.69 Å². The molecule has 0 saturated heterocycles. The summed E-state index contributed by atoms with van der Waals surface area (Å²) in [6.45, 7) is 0.960. The van der Waals surface area contributed by atoms with Crippen LogP contribution in [0.15, 0.2) is 88.9 Å². The third-order valence-electron chi connectivity index (χ3n) is 5.36. The Morgan fingerprint density at radius 2 is 1.61 bits per heavy atom. The maximum Gasteiger partial charge on any atom is 0.337 e. The van der Waals surface area contributed by atoms with Crippen molar-refractivity contribution in [1.29, 1.82) is 0 Å². The Hall–Kier alpha value is -4.35. The van der Waals surface area contributed by atoms with Gasteiger partial charge in [0.15, 0.2) is 0 Å². The molecule has 3 aromatic carbocycles. The smallest absolute Gasteiger partial charge is 0.337 e. The average molecular weight is 537 g/mol. The summed E-state index contributed by atoms with van der Waals surface area (Å²) in [5.41, 5.74) is 4.71. The molecule has 0 saturated carbocycles. The Morgan fingerprint density at radius 3 is 2.21 bits per heavy atom. The van der Waals surface area contributed by atoms with Crippen molar-refractivity contribution >= 4 is 39.7 Å². The highest BCUT2D eigenvalue weighted by Crippen LogP contribution is 2.19. The van der Waals surface area contributed by atoms with Gasteiger partial charge in [-0.2, -0.15) is 9.41 Å². The van der Waals surface area contributed by atoms with Crippen LogP contribution in [0.1, 0.15) is 28.4 Å². The molecule has 0 bridgehead atoms. The molecule has 2 amide bonds. The number of nitrogens with zero attached hydrogens (tertiary/aromatic N) is 2. The topological polar surface area (TPSA) is 134 Å². The molecule has 38 heavy (non-hydrogen) atoms. The standard InChI is InChI=1S/C27H28N4O6S/c1-20(32)29-24-12-14-25(15-13-24)38(35,36)31(17-16-21-6-4-3-5-7-21)19-26(33)30-28-18-22-8-10-23(11-9-22)27(34)37-2/h3-15,18H,16-17,19H2,1-2H3,(H,29,32)(H,30,33)/b28-18-. The fourth-order valence-corrected chi connectivity index (χ4v) is 4.84. The first-order chi connectivity index (χ1) is 18.2. The van der Waals surface area contributed by atoms with E-state index in [1.165, 1.54) is 44.5 Å². The van der Waals surface area contributed by atoms with Gasteiger partial charge >= 0.3 is 5.97 Å². The molecule has 0 fully saturated rings. The first-order valence-corrected chi connectivity index (χ1v) is 13.0. The van der Waals surface area contributed by atoms with Crippen LogP contribution in [-0.4, -0.2) is 56.9 Å². The Morgan fingerprint density at radius 1 is 0.947 bits per heavy atom. The lowest BCUT2D eigenvalue weighted by Gasteiger charge is -2.21. The van der Waals surface area contributed by atoms with Gasteiger partial charge in [-0.1, -0.05) is 42.5 Å². The number of methoxy groups -OCH3 is 1. The van der Waals surface area contributed by atoms with E-state index in [1.54, 1.807) is 24.3 Å². The summed E-state index contributed by atoms with van der Waals surface area (Å²) >= 11 is 0. The normalized spacial score (nSPS) is 11.3. The monoisotopic (exact) mass is 536 g/mol. The van der Waals surface area contributed by atoms with Crippen LogP contribution < -0.4 is 10.7 Å². The molecule has 0 aliphatic carbocycles. The maximum atomic E-state index is 13.4. The Bertz CT molecular complexity index is 1390. The molecule has 2 N–H and O–H groups in total. The summed E-state index contributed by atoms with van der Waals surface area (Å²) in [6, 6.07) is 21.4. The number of hydrogen-bond donors (Lipinski definition) is 2. The minimum absolute atomic E-state index is 0.0124. The molecule has 3 rings (SSSR count). The molecule has 3 aromatic rings. The minimum Gasteiger partial charge on any atom is -0.465 e. The van der Waals surface area contributed by atoms with Gasteiger partial charge in [0, 0.05) is 19.2 Å². The summed E-state index contributed by atoms with van der Waals surface area (Å²) in [6.07, 6.45) is 1.77. The van der Waals surface area contributed by atoms with Gasteiger partial charge in [0.2, 0.25) is 15.9 Å². The van der Waals surface area contributed by atoms with E-state index >= 15 is 0 Å². The number of ether oxygens (including phenoxy) is 1. The largest absolute Gasteiger partial charge is 0.465 e. The Kier molecular flexibility index (Phi) is 9.85. The van der Waals surface area contributed by atoms with Crippen LogP contribution in [0.5, 0.6) is 0 Å². The zero-order chi connectivity index (χ0) is 27.5. The van der Waals surface area contributed by atoms with Gasteiger partial charge in [0.1, 0.15) is 0 Å². The number of nitrogens with one attached hydrogen (secondary N) is 2. The molecular weight excluding hydrogens is 508 g/mol. The second-order valence-electron chi connectivity index (χ2n) is 8.19. The lowest BCUT2D eigenvalue weighted by Crippen LogP contribution is -2.40. The SMILES string of the molecule is COC(=O)c1ccc(/C=N\NC(=O)CN(CCc2ccccc2)S(=O)(=O)c2ccc(NC(C)=O)cc2)cc1. The van der Waals surface area contributed by atoms with Crippen LogP contribution >= 0.6 is 0 Å². The predicted octanol–water partition coefficient (Wildman–Crippen LogP) is 2.82. The number of anilines is 1. The van der Waals surface area contributed by atoms with E-state index in [9.17, 15) is 22.8 Å². The first kappa shape index (κ1) is 28.2. The average Bonchev–Trinajstić information content (AvgIpc) is 2.91. The molecule has 0 spiro atoms. The van der Waals surface area contributed by atoms with E-state index in [1.807, 2.05) is 30.3 Å². The molecule has 0 unspecified atom stereocenters. The highest BCUT2D eigenvalue weighted by atomic mass is 32.2. The predicted molar refractivity (Wildman–Crippen MR) is 143 cm³/mol. The molecule has 10 nitrogen and oxygen atoms in total. The second kappa shape index (κ2) is 13.3. The third kappa shape index (κ3) is 8.08. The highest BCUT2D eigenvalue weighted by Gasteiger charge is 2.26. The number of hydrazone groups is 1. The summed E-state index contributed by atoms with van der Waals surface area (Å²) in [5, 5.41) is 6.49. The molecule has 11 heteroatoms. The summed E-state index contributed by atoms with van der Waals surface area (Å²) in [4.78, 5) is 35.4. The molecule has 0 aliphatic rings. The van der Waals surface area contributed by atoms with Crippen LogP contribution in [0.25, 0.3) is 0 Å². The molecule has 0 aliphatic heterocycles. The molecule has 198 valence electrons. The molecule has 0 heterocycles. The van der Waals surface area contributed by atoms with Crippen molar-refractivity contribution in [3.8, 4) is 0 Å². The third-order valence-corrected chi connectivity index (χ3v) is 7.22. The van der Waals surface area contributed by atoms with Gasteiger partial charge in [-0.15, -0.1) is 0 Å². The molecule has 0 atom stereocenters. The second-order valence-corrected chi connectivity index (χ2v) is 10.1. The van der Waals surface area contributed by atoms with E-state index in [0.717, 1.165) is 9.87 Å². The lowest BCUT2D eigenvalue weighted by molar-refractivity contribution is -0.121. The number of carbonyl (C=O) groups excluding carboxylic acids is 3.